The summed E-state index contributed by atoms with van der Waals surface area (Å²) in [6.07, 6.45) is 5.12. The summed E-state index contributed by atoms with van der Waals surface area (Å²) in [5.74, 6) is 0. The van der Waals surface area contributed by atoms with Crippen molar-refractivity contribution in [1.82, 2.24) is 0 Å². The van der Waals surface area contributed by atoms with E-state index >= 15 is 0 Å². The first-order valence-electron chi connectivity index (χ1n) is 7.95. The van der Waals surface area contributed by atoms with Gasteiger partial charge in [-0.15, -0.1) is 0 Å². The van der Waals surface area contributed by atoms with Crippen molar-refractivity contribution in [2.75, 3.05) is 19.8 Å². The average molecular weight is 338 g/mol. The fourth-order valence-electron chi connectivity index (χ4n) is 1.89. The Morgan fingerprint density at radius 2 is 1.52 bits per heavy atom. The lowest BCUT2D eigenvalue weighted by atomic mass is 9.94. The van der Waals surface area contributed by atoms with E-state index in [4.69, 9.17) is 15.3 Å². The van der Waals surface area contributed by atoms with Gasteiger partial charge in [-0.3, -0.25) is 20.2 Å². The number of nitro groups is 2. The Kier molecular flexibility index (Phi) is 14.9. The van der Waals surface area contributed by atoms with Crippen molar-refractivity contribution in [2.24, 2.45) is 0 Å². The SMILES string of the molecule is CCCC(CO)[N+](=O)[O-].CCCCCCC(CO)(CO)[N+](=O)[O-]. The number of nitrogens with zero attached hydrogens (tertiary/aromatic N) is 2. The van der Waals surface area contributed by atoms with Gasteiger partial charge < -0.3 is 15.3 Å². The smallest absolute Gasteiger partial charge is 0.267 e. The third kappa shape index (κ3) is 10.1. The standard InChI is InChI=1S/C9H19NO4.C5H11NO3/c1-2-3-4-5-6-9(7-11,8-12)10(13)14;1-2-3-5(4-7)6(8)9/h11-12H,2-8H2,1H3;5,7H,2-4H2,1H3. The van der Waals surface area contributed by atoms with Gasteiger partial charge in [0.2, 0.25) is 6.04 Å². The molecule has 3 N–H and O–H groups in total. The fourth-order valence-corrected chi connectivity index (χ4v) is 1.89. The highest BCUT2D eigenvalue weighted by Crippen LogP contribution is 2.18. The van der Waals surface area contributed by atoms with Gasteiger partial charge >= 0.3 is 0 Å². The van der Waals surface area contributed by atoms with Gasteiger partial charge in [-0.2, -0.15) is 0 Å². The van der Waals surface area contributed by atoms with Crippen molar-refractivity contribution in [1.29, 1.82) is 0 Å². The van der Waals surface area contributed by atoms with E-state index in [0.29, 0.717) is 12.8 Å². The predicted molar refractivity (Wildman–Crippen MR) is 85.4 cm³/mol. The molecule has 0 bridgehead atoms. The second-order valence-corrected chi connectivity index (χ2v) is 5.52. The van der Waals surface area contributed by atoms with Crippen LogP contribution in [0.1, 0.15) is 58.8 Å². The van der Waals surface area contributed by atoms with E-state index in [-0.39, 0.29) is 13.0 Å². The number of hydrogen-bond acceptors (Lipinski definition) is 7. The Hall–Kier alpha value is -1.32. The van der Waals surface area contributed by atoms with Crippen LogP contribution in [-0.2, 0) is 0 Å². The number of rotatable bonds is 12. The van der Waals surface area contributed by atoms with Crippen LogP contribution in [0, 0.1) is 20.2 Å². The largest absolute Gasteiger partial charge is 0.389 e. The normalized spacial score (nSPS) is 12.2. The number of aliphatic hydroxyl groups excluding tert-OH is 3. The van der Waals surface area contributed by atoms with E-state index < -0.39 is 34.6 Å². The molecule has 0 aliphatic carbocycles. The predicted octanol–water partition coefficient (Wildman–Crippen LogP) is 1.38. The highest BCUT2D eigenvalue weighted by Gasteiger charge is 2.40. The highest BCUT2D eigenvalue weighted by atomic mass is 16.6. The van der Waals surface area contributed by atoms with Gasteiger partial charge in [0.1, 0.15) is 19.8 Å². The molecule has 9 heteroatoms. The van der Waals surface area contributed by atoms with Crippen molar-refractivity contribution in [3.63, 3.8) is 0 Å². The topological polar surface area (TPSA) is 147 Å². The van der Waals surface area contributed by atoms with Crippen molar-refractivity contribution in [2.45, 2.75) is 70.4 Å². The maximum absolute atomic E-state index is 10.6. The Morgan fingerprint density at radius 1 is 0.957 bits per heavy atom. The number of aliphatic hydroxyl groups is 3. The quantitative estimate of drug-likeness (QED) is 0.276. The molecule has 0 aromatic heterocycles. The molecule has 23 heavy (non-hydrogen) atoms. The van der Waals surface area contributed by atoms with Crippen molar-refractivity contribution in [3.05, 3.63) is 20.2 Å². The van der Waals surface area contributed by atoms with Crippen LogP contribution in [0.2, 0.25) is 0 Å². The van der Waals surface area contributed by atoms with E-state index in [9.17, 15) is 20.2 Å². The van der Waals surface area contributed by atoms with Crippen LogP contribution in [0.15, 0.2) is 0 Å². The van der Waals surface area contributed by atoms with Crippen LogP contribution >= 0.6 is 0 Å². The summed E-state index contributed by atoms with van der Waals surface area (Å²) < 4.78 is 0. The van der Waals surface area contributed by atoms with Crippen LogP contribution in [0.4, 0.5) is 0 Å². The molecule has 138 valence electrons. The summed E-state index contributed by atoms with van der Waals surface area (Å²) in [6.45, 7) is 2.37. The van der Waals surface area contributed by atoms with Crippen LogP contribution in [-0.4, -0.2) is 56.6 Å². The Labute approximate surface area is 136 Å². The van der Waals surface area contributed by atoms with E-state index in [0.717, 1.165) is 25.7 Å². The molecule has 0 aliphatic rings. The summed E-state index contributed by atoms with van der Waals surface area (Å²) in [6, 6.07) is -0.755. The van der Waals surface area contributed by atoms with Gasteiger partial charge in [0.05, 0.1) is 0 Å². The molecule has 0 fully saturated rings. The van der Waals surface area contributed by atoms with Crippen LogP contribution < -0.4 is 0 Å². The van der Waals surface area contributed by atoms with Gasteiger partial charge in [-0.1, -0.05) is 33.1 Å². The Bertz CT molecular complexity index is 322. The molecule has 0 saturated carbocycles. The van der Waals surface area contributed by atoms with Crippen molar-refractivity contribution >= 4 is 0 Å². The molecule has 0 radical (unpaired) electrons. The second kappa shape index (κ2) is 14.3. The minimum atomic E-state index is -1.53. The third-order valence-electron chi connectivity index (χ3n) is 3.60. The van der Waals surface area contributed by atoms with Gasteiger partial charge in [0.15, 0.2) is 0 Å². The molecule has 9 nitrogen and oxygen atoms in total. The van der Waals surface area contributed by atoms with Gasteiger partial charge in [0, 0.05) is 22.7 Å². The molecule has 0 aromatic carbocycles. The summed E-state index contributed by atoms with van der Waals surface area (Å²) in [7, 11) is 0. The molecule has 0 aliphatic heterocycles. The first-order valence-corrected chi connectivity index (χ1v) is 7.95. The summed E-state index contributed by atoms with van der Waals surface area (Å²) in [5.41, 5.74) is -1.53. The lowest BCUT2D eigenvalue weighted by Crippen LogP contribution is -2.45. The first-order chi connectivity index (χ1) is 10.8. The van der Waals surface area contributed by atoms with Crippen LogP contribution in [0.3, 0.4) is 0 Å². The second-order valence-electron chi connectivity index (χ2n) is 5.52. The summed E-state index contributed by atoms with van der Waals surface area (Å²) >= 11 is 0. The minimum absolute atomic E-state index is 0.243. The van der Waals surface area contributed by atoms with E-state index in [1.54, 1.807) is 0 Å². The minimum Gasteiger partial charge on any atom is -0.389 e. The molecule has 0 saturated heterocycles. The molecule has 0 spiro atoms. The Morgan fingerprint density at radius 3 is 1.78 bits per heavy atom. The Balaban J connectivity index is 0. The molecule has 0 rings (SSSR count). The maximum Gasteiger partial charge on any atom is 0.267 e. The molecule has 0 heterocycles. The number of hydrogen-bond donors (Lipinski definition) is 3. The summed E-state index contributed by atoms with van der Waals surface area (Å²) in [4.78, 5) is 19.6. The molecule has 1 unspecified atom stereocenters. The fraction of sp³-hybridized carbons (Fsp3) is 1.00. The van der Waals surface area contributed by atoms with Crippen LogP contribution in [0.5, 0.6) is 0 Å². The van der Waals surface area contributed by atoms with Crippen molar-refractivity contribution in [3.8, 4) is 0 Å². The molecular weight excluding hydrogens is 308 g/mol. The third-order valence-corrected chi connectivity index (χ3v) is 3.60. The highest BCUT2D eigenvalue weighted by molar-refractivity contribution is 4.77. The molecular formula is C14H30N2O7. The zero-order valence-corrected chi connectivity index (χ0v) is 14.0. The molecule has 0 aromatic rings. The van der Waals surface area contributed by atoms with Gasteiger partial charge in [0.25, 0.3) is 5.54 Å². The van der Waals surface area contributed by atoms with Gasteiger partial charge in [-0.25, -0.2) is 0 Å². The lowest BCUT2D eigenvalue weighted by molar-refractivity contribution is -0.578. The van der Waals surface area contributed by atoms with E-state index in [2.05, 4.69) is 6.92 Å². The monoisotopic (exact) mass is 338 g/mol. The number of unbranched alkanes of at least 4 members (excludes halogenated alkanes) is 3. The molecule has 1 atom stereocenters. The zero-order chi connectivity index (χ0) is 18.3. The van der Waals surface area contributed by atoms with Crippen molar-refractivity contribution < 1.29 is 25.2 Å². The van der Waals surface area contributed by atoms with Gasteiger partial charge in [-0.05, 0) is 12.8 Å². The van der Waals surface area contributed by atoms with E-state index in [1.165, 1.54) is 0 Å². The molecule has 0 amide bonds. The first kappa shape index (κ1) is 23.9. The maximum atomic E-state index is 10.6. The average Bonchev–Trinajstić information content (AvgIpc) is 2.53. The van der Waals surface area contributed by atoms with Crippen LogP contribution in [0.25, 0.3) is 0 Å². The summed E-state index contributed by atoms with van der Waals surface area (Å²) in [5, 5.41) is 46.8. The lowest BCUT2D eigenvalue weighted by Gasteiger charge is -2.20. The van der Waals surface area contributed by atoms with E-state index in [1.807, 2.05) is 6.92 Å². The zero-order valence-electron chi connectivity index (χ0n) is 14.0.